The molecule has 0 radical (unpaired) electrons. The summed E-state index contributed by atoms with van der Waals surface area (Å²) in [6, 6.07) is 10.4. The van der Waals surface area contributed by atoms with Gasteiger partial charge < -0.3 is 4.74 Å². The standard InChI is InChI=1S/C15H22O/c1-5-6-12-16-14(15(2,3)4)13-10-8-7-9-11-13/h5,7-11,14H,1,6,12H2,2-4H3. The van der Waals surface area contributed by atoms with Crippen molar-refractivity contribution in [3.63, 3.8) is 0 Å². The molecule has 88 valence electrons. The number of hydrogen-bond acceptors (Lipinski definition) is 1. The van der Waals surface area contributed by atoms with Gasteiger partial charge in [-0.25, -0.2) is 0 Å². The summed E-state index contributed by atoms with van der Waals surface area (Å²) in [7, 11) is 0. The third kappa shape index (κ3) is 3.82. The summed E-state index contributed by atoms with van der Waals surface area (Å²) in [6.07, 6.45) is 2.94. The Labute approximate surface area is 99.1 Å². The van der Waals surface area contributed by atoms with E-state index in [2.05, 4.69) is 51.6 Å². The van der Waals surface area contributed by atoms with E-state index in [1.165, 1.54) is 5.56 Å². The van der Waals surface area contributed by atoms with Crippen LogP contribution < -0.4 is 0 Å². The minimum absolute atomic E-state index is 0.114. The molecule has 0 saturated carbocycles. The summed E-state index contributed by atoms with van der Waals surface area (Å²) in [5.41, 5.74) is 1.36. The summed E-state index contributed by atoms with van der Waals surface area (Å²) in [5.74, 6) is 0. The highest BCUT2D eigenvalue weighted by Gasteiger charge is 2.26. The van der Waals surface area contributed by atoms with Gasteiger partial charge in [-0.2, -0.15) is 0 Å². The molecule has 0 aliphatic heterocycles. The van der Waals surface area contributed by atoms with Crippen LogP contribution >= 0.6 is 0 Å². The van der Waals surface area contributed by atoms with Crippen LogP contribution in [0.15, 0.2) is 43.0 Å². The molecule has 1 rings (SSSR count). The molecule has 0 bridgehead atoms. The van der Waals surface area contributed by atoms with Gasteiger partial charge in [-0.1, -0.05) is 57.2 Å². The van der Waals surface area contributed by atoms with Crippen molar-refractivity contribution in [2.75, 3.05) is 6.61 Å². The lowest BCUT2D eigenvalue weighted by Crippen LogP contribution is -2.21. The van der Waals surface area contributed by atoms with Crippen LogP contribution in [-0.2, 0) is 4.74 Å². The topological polar surface area (TPSA) is 9.23 Å². The lowest BCUT2D eigenvalue weighted by molar-refractivity contribution is -0.0177. The van der Waals surface area contributed by atoms with Crippen LogP contribution in [0.4, 0.5) is 0 Å². The molecule has 0 spiro atoms. The first kappa shape index (κ1) is 13.0. The van der Waals surface area contributed by atoms with Crippen LogP contribution in [0.3, 0.4) is 0 Å². The predicted octanol–water partition coefficient (Wildman–Crippen LogP) is 4.37. The van der Waals surface area contributed by atoms with E-state index >= 15 is 0 Å². The van der Waals surface area contributed by atoms with Gasteiger partial charge in [-0.15, -0.1) is 6.58 Å². The molecule has 1 nitrogen and oxygen atoms in total. The smallest absolute Gasteiger partial charge is 0.0873 e. The molecule has 0 aliphatic rings. The molecule has 0 amide bonds. The Bertz CT molecular complexity index is 308. The second-order valence-corrected chi connectivity index (χ2v) is 5.10. The van der Waals surface area contributed by atoms with Crippen molar-refractivity contribution in [1.82, 2.24) is 0 Å². The van der Waals surface area contributed by atoms with Crippen LogP contribution in [0.5, 0.6) is 0 Å². The van der Waals surface area contributed by atoms with Crippen molar-refractivity contribution in [3.8, 4) is 0 Å². The number of rotatable bonds is 5. The van der Waals surface area contributed by atoms with E-state index in [-0.39, 0.29) is 11.5 Å². The summed E-state index contributed by atoms with van der Waals surface area (Å²) < 4.78 is 5.96. The van der Waals surface area contributed by atoms with Crippen LogP contribution in [0.2, 0.25) is 0 Å². The van der Waals surface area contributed by atoms with Gasteiger partial charge in [0.05, 0.1) is 12.7 Å². The number of ether oxygens (including phenoxy) is 1. The normalized spacial score (nSPS) is 13.4. The monoisotopic (exact) mass is 218 g/mol. The average molecular weight is 218 g/mol. The molecule has 0 aromatic heterocycles. The first-order valence-electron chi connectivity index (χ1n) is 5.83. The largest absolute Gasteiger partial charge is 0.373 e. The highest BCUT2D eigenvalue weighted by atomic mass is 16.5. The SMILES string of the molecule is C=CCCOC(c1ccccc1)C(C)(C)C. The van der Waals surface area contributed by atoms with E-state index in [0.29, 0.717) is 0 Å². The van der Waals surface area contributed by atoms with Crippen molar-refractivity contribution in [1.29, 1.82) is 0 Å². The summed E-state index contributed by atoms with van der Waals surface area (Å²) in [5, 5.41) is 0. The first-order valence-corrected chi connectivity index (χ1v) is 5.83. The quantitative estimate of drug-likeness (QED) is 0.527. The van der Waals surface area contributed by atoms with Gasteiger partial charge in [0.25, 0.3) is 0 Å². The molecule has 0 fully saturated rings. The molecular weight excluding hydrogens is 196 g/mol. The van der Waals surface area contributed by atoms with Crippen molar-refractivity contribution < 1.29 is 4.74 Å². The van der Waals surface area contributed by atoms with Crippen molar-refractivity contribution in [2.24, 2.45) is 5.41 Å². The fourth-order valence-corrected chi connectivity index (χ4v) is 1.74. The van der Waals surface area contributed by atoms with E-state index in [9.17, 15) is 0 Å². The molecule has 16 heavy (non-hydrogen) atoms. The van der Waals surface area contributed by atoms with E-state index in [1.54, 1.807) is 0 Å². The minimum atomic E-state index is 0.114. The van der Waals surface area contributed by atoms with Gasteiger partial charge in [0.2, 0.25) is 0 Å². The molecule has 1 unspecified atom stereocenters. The molecule has 0 heterocycles. The molecule has 1 heteroatoms. The van der Waals surface area contributed by atoms with E-state index in [0.717, 1.165) is 13.0 Å². The van der Waals surface area contributed by atoms with Gasteiger partial charge in [0.1, 0.15) is 0 Å². The highest BCUT2D eigenvalue weighted by molar-refractivity contribution is 5.19. The minimum Gasteiger partial charge on any atom is -0.373 e. The van der Waals surface area contributed by atoms with E-state index in [1.807, 2.05) is 12.1 Å². The Balaban J connectivity index is 2.76. The van der Waals surface area contributed by atoms with Crippen molar-refractivity contribution in [3.05, 3.63) is 48.6 Å². The van der Waals surface area contributed by atoms with E-state index in [4.69, 9.17) is 4.74 Å². The van der Waals surface area contributed by atoms with Gasteiger partial charge in [0.15, 0.2) is 0 Å². The summed E-state index contributed by atoms with van der Waals surface area (Å²) in [6.45, 7) is 11.1. The Hall–Kier alpha value is -1.08. The zero-order valence-corrected chi connectivity index (χ0v) is 10.6. The second-order valence-electron chi connectivity index (χ2n) is 5.10. The lowest BCUT2D eigenvalue weighted by Gasteiger charge is -2.31. The van der Waals surface area contributed by atoms with Crippen LogP contribution in [0, 0.1) is 5.41 Å². The molecule has 1 aromatic carbocycles. The predicted molar refractivity (Wildman–Crippen MR) is 69.4 cm³/mol. The fraction of sp³-hybridized carbons (Fsp3) is 0.467. The van der Waals surface area contributed by atoms with E-state index < -0.39 is 0 Å². The maximum Gasteiger partial charge on any atom is 0.0873 e. The van der Waals surface area contributed by atoms with Crippen LogP contribution in [-0.4, -0.2) is 6.61 Å². The maximum absolute atomic E-state index is 5.96. The summed E-state index contributed by atoms with van der Waals surface area (Å²) >= 11 is 0. The molecule has 1 atom stereocenters. The molecule has 0 N–H and O–H groups in total. The zero-order chi connectivity index (χ0) is 12.0. The first-order chi connectivity index (χ1) is 7.55. The second kappa shape index (κ2) is 5.86. The lowest BCUT2D eigenvalue weighted by atomic mass is 9.84. The van der Waals surface area contributed by atoms with Gasteiger partial charge in [-0.05, 0) is 17.4 Å². The Morgan fingerprint density at radius 2 is 1.88 bits per heavy atom. The Morgan fingerprint density at radius 1 is 1.25 bits per heavy atom. The molecule has 1 aromatic rings. The molecule has 0 aliphatic carbocycles. The zero-order valence-electron chi connectivity index (χ0n) is 10.6. The van der Waals surface area contributed by atoms with Gasteiger partial charge in [-0.3, -0.25) is 0 Å². The highest BCUT2D eigenvalue weighted by Crippen LogP contribution is 2.35. The maximum atomic E-state index is 5.96. The summed E-state index contributed by atoms with van der Waals surface area (Å²) in [4.78, 5) is 0. The average Bonchev–Trinajstić information content (AvgIpc) is 2.24. The van der Waals surface area contributed by atoms with Crippen molar-refractivity contribution in [2.45, 2.75) is 33.3 Å². The Morgan fingerprint density at radius 3 is 2.38 bits per heavy atom. The molecular formula is C15H22O. The molecule has 0 saturated heterocycles. The number of hydrogen-bond donors (Lipinski definition) is 0. The van der Waals surface area contributed by atoms with Gasteiger partial charge in [0, 0.05) is 0 Å². The van der Waals surface area contributed by atoms with Gasteiger partial charge >= 0.3 is 0 Å². The fourth-order valence-electron chi connectivity index (χ4n) is 1.74. The van der Waals surface area contributed by atoms with Crippen LogP contribution in [0.1, 0.15) is 38.9 Å². The van der Waals surface area contributed by atoms with Crippen molar-refractivity contribution >= 4 is 0 Å². The Kier molecular flexibility index (Phi) is 4.75. The van der Waals surface area contributed by atoms with Crippen LogP contribution in [0.25, 0.3) is 0 Å². The number of benzene rings is 1. The third-order valence-electron chi connectivity index (χ3n) is 2.50. The third-order valence-corrected chi connectivity index (χ3v) is 2.50.